The Morgan fingerprint density at radius 3 is 2.50 bits per heavy atom. The molecule has 1 fully saturated rings. The average molecular weight is 357 g/mol. The fourth-order valence-corrected chi connectivity index (χ4v) is 4.27. The van der Waals surface area contributed by atoms with Crippen molar-refractivity contribution in [3.63, 3.8) is 0 Å². The van der Waals surface area contributed by atoms with E-state index in [2.05, 4.69) is 0 Å². The van der Waals surface area contributed by atoms with Crippen molar-refractivity contribution in [1.82, 2.24) is 4.31 Å². The molecule has 7 nitrogen and oxygen atoms in total. The third-order valence-corrected chi connectivity index (χ3v) is 5.73. The van der Waals surface area contributed by atoms with E-state index in [1.807, 2.05) is 0 Å². The van der Waals surface area contributed by atoms with E-state index in [-0.39, 0.29) is 36.3 Å². The molecule has 1 aromatic carbocycles. The standard InChI is InChI=1S/C16H23NO6S/c1-4-23-16(18)9-10-17(12-5-6-12)24(19,20)15-11-13(21-2)7-8-14(15)22-3/h7-8,11-12H,4-6,9-10H2,1-3H3. The van der Waals surface area contributed by atoms with Gasteiger partial charge in [-0.3, -0.25) is 4.79 Å². The van der Waals surface area contributed by atoms with Gasteiger partial charge in [0.1, 0.15) is 16.4 Å². The molecule has 8 heteroatoms. The van der Waals surface area contributed by atoms with E-state index in [0.717, 1.165) is 12.8 Å². The summed E-state index contributed by atoms with van der Waals surface area (Å²) in [7, 11) is -0.916. The Kier molecular flexibility index (Phi) is 6.06. The van der Waals surface area contributed by atoms with Gasteiger partial charge in [-0.25, -0.2) is 8.42 Å². The number of benzene rings is 1. The Morgan fingerprint density at radius 2 is 1.96 bits per heavy atom. The lowest BCUT2D eigenvalue weighted by molar-refractivity contribution is -0.143. The van der Waals surface area contributed by atoms with Crippen LogP contribution in [0.4, 0.5) is 0 Å². The molecule has 1 aromatic rings. The molecule has 0 N–H and O–H groups in total. The summed E-state index contributed by atoms with van der Waals surface area (Å²) >= 11 is 0. The summed E-state index contributed by atoms with van der Waals surface area (Å²) in [6, 6.07) is 4.55. The van der Waals surface area contributed by atoms with Crippen LogP contribution in [0, 0.1) is 0 Å². The van der Waals surface area contributed by atoms with Gasteiger partial charge >= 0.3 is 5.97 Å². The van der Waals surface area contributed by atoms with Crippen molar-refractivity contribution >= 4 is 16.0 Å². The maximum absolute atomic E-state index is 13.1. The fraction of sp³-hybridized carbons (Fsp3) is 0.562. The summed E-state index contributed by atoms with van der Waals surface area (Å²) in [6.45, 7) is 2.08. The minimum atomic E-state index is -3.80. The number of carbonyl (C=O) groups is 1. The number of sulfonamides is 1. The van der Waals surface area contributed by atoms with Crippen molar-refractivity contribution in [2.45, 2.75) is 37.1 Å². The molecule has 1 aliphatic carbocycles. The zero-order chi connectivity index (χ0) is 17.7. The molecule has 0 radical (unpaired) electrons. The largest absolute Gasteiger partial charge is 0.497 e. The van der Waals surface area contributed by atoms with Crippen molar-refractivity contribution in [3.8, 4) is 11.5 Å². The van der Waals surface area contributed by atoms with Gasteiger partial charge in [-0.05, 0) is 31.9 Å². The number of hydrogen-bond donors (Lipinski definition) is 0. The number of esters is 1. The molecule has 0 spiro atoms. The van der Waals surface area contributed by atoms with Crippen LogP contribution < -0.4 is 9.47 Å². The molecule has 134 valence electrons. The second-order valence-electron chi connectivity index (χ2n) is 5.42. The van der Waals surface area contributed by atoms with Crippen LogP contribution in [-0.2, 0) is 19.6 Å². The Bertz CT molecular complexity index is 684. The molecule has 24 heavy (non-hydrogen) atoms. The van der Waals surface area contributed by atoms with Crippen LogP contribution in [0.2, 0.25) is 0 Å². The number of carbonyl (C=O) groups excluding carboxylic acids is 1. The highest BCUT2D eigenvalue weighted by Crippen LogP contribution is 2.36. The third kappa shape index (κ3) is 4.18. The zero-order valence-corrected chi connectivity index (χ0v) is 15.0. The summed E-state index contributed by atoms with van der Waals surface area (Å²) in [5, 5.41) is 0. The van der Waals surface area contributed by atoms with Crippen LogP contribution in [0.25, 0.3) is 0 Å². The maximum Gasteiger partial charge on any atom is 0.307 e. The topological polar surface area (TPSA) is 82.1 Å². The molecule has 0 unspecified atom stereocenters. The molecule has 1 aliphatic rings. The molecule has 0 atom stereocenters. The van der Waals surface area contributed by atoms with E-state index in [0.29, 0.717) is 5.75 Å². The first kappa shape index (κ1) is 18.5. The van der Waals surface area contributed by atoms with Crippen LogP contribution in [0.1, 0.15) is 26.2 Å². The van der Waals surface area contributed by atoms with Gasteiger partial charge in [-0.15, -0.1) is 0 Å². The van der Waals surface area contributed by atoms with Crippen LogP contribution in [0.3, 0.4) is 0 Å². The SMILES string of the molecule is CCOC(=O)CCN(C1CC1)S(=O)(=O)c1cc(OC)ccc1OC. The number of hydrogen-bond acceptors (Lipinski definition) is 6. The lowest BCUT2D eigenvalue weighted by atomic mass is 10.3. The molecule has 0 heterocycles. The van der Waals surface area contributed by atoms with Gasteiger partial charge in [0, 0.05) is 18.7 Å². The first-order chi connectivity index (χ1) is 11.4. The van der Waals surface area contributed by atoms with Crippen LogP contribution in [0.5, 0.6) is 11.5 Å². The van der Waals surface area contributed by atoms with Crippen molar-refractivity contribution < 1.29 is 27.4 Å². The minimum absolute atomic E-state index is 0.0237. The predicted octanol–water partition coefficient (Wildman–Crippen LogP) is 1.81. The van der Waals surface area contributed by atoms with Crippen molar-refractivity contribution in [3.05, 3.63) is 18.2 Å². The number of nitrogens with zero attached hydrogens (tertiary/aromatic N) is 1. The lowest BCUT2D eigenvalue weighted by Crippen LogP contribution is -2.35. The van der Waals surface area contributed by atoms with E-state index in [4.69, 9.17) is 14.2 Å². The Morgan fingerprint density at radius 1 is 1.25 bits per heavy atom. The Balaban J connectivity index is 2.30. The summed E-state index contributed by atoms with van der Waals surface area (Å²) in [4.78, 5) is 11.6. The molecule has 1 saturated carbocycles. The summed E-state index contributed by atoms with van der Waals surface area (Å²) in [5.41, 5.74) is 0. The maximum atomic E-state index is 13.1. The molecule has 2 rings (SSSR count). The van der Waals surface area contributed by atoms with Crippen molar-refractivity contribution in [2.24, 2.45) is 0 Å². The highest BCUT2D eigenvalue weighted by molar-refractivity contribution is 7.89. The van der Waals surface area contributed by atoms with E-state index in [1.54, 1.807) is 19.1 Å². The smallest absolute Gasteiger partial charge is 0.307 e. The monoisotopic (exact) mass is 357 g/mol. The molecule has 0 aliphatic heterocycles. The molecule has 0 saturated heterocycles. The number of rotatable bonds is 9. The Hall–Kier alpha value is -1.80. The molecular formula is C16H23NO6S. The molecular weight excluding hydrogens is 334 g/mol. The Labute approximate surface area is 142 Å². The highest BCUT2D eigenvalue weighted by Gasteiger charge is 2.39. The van der Waals surface area contributed by atoms with Gasteiger partial charge < -0.3 is 14.2 Å². The fourth-order valence-electron chi connectivity index (χ4n) is 2.41. The molecule has 0 amide bonds. The van der Waals surface area contributed by atoms with Gasteiger partial charge in [0.2, 0.25) is 10.0 Å². The number of methoxy groups -OCH3 is 2. The predicted molar refractivity (Wildman–Crippen MR) is 87.7 cm³/mol. The van der Waals surface area contributed by atoms with Crippen molar-refractivity contribution in [1.29, 1.82) is 0 Å². The molecule has 0 bridgehead atoms. The van der Waals surface area contributed by atoms with Crippen LogP contribution in [0.15, 0.2) is 23.1 Å². The van der Waals surface area contributed by atoms with Crippen molar-refractivity contribution in [2.75, 3.05) is 27.4 Å². The summed E-state index contributed by atoms with van der Waals surface area (Å²) in [5.74, 6) is 0.268. The van der Waals surface area contributed by atoms with E-state index in [9.17, 15) is 13.2 Å². The average Bonchev–Trinajstić information content (AvgIpc) is 3.39. The molecule has 0 aromatic heterocycles. The van der Waals surface area contributed by atoms with Crippen LogP contribution in [-0.4, -0.2) is 52.1 Å². The summed E-state index contributed by atoms with van der Waals surface area (Å²) in [6.07, 6.45) is 1.60. The van der Waals surface area contributed by atoms with Gasteiger partial charge in [-0.2, -0.15) is 4.31 Å². The summed E-state index contributed by atoms with van der Waals surface area (Å²) < 4.78 is 42.7. The van der Waals surface area contributed by atoms with E-state index < -0.39 is 16.0 Å². The van der Waals surface area contributed by atoms with Crippen LogP contribution >= 0.6 is 0 Å². The quantitative estimate of drug-likeness (QED) is 0.627. The third-order valence-electron chi connectivity index (χ3n) is 3.75. The van der Waals surface area contributed by atoms with E-state index in [1.165, 1.54) is 24.6 Å². The van der Waals surface area contributed by atoms with E-state index >= 15 is 0 Å². The van der Waals surface area contributed by atoms with Gasteiger partial charge in [0.25, 0.3) is 0 Å². The first-order valence-electron chi connectivity index (χ1n) is 7.83. The number of ether oxygens (including phenoxy) is 3. The zero-order valence-electron chi connectivity index (χ0n) is 14.1. The second-order valence-corrected chi connectivity index (χ2v) is 7.28. The normalized spacial score (nSPS) is 14.5. The first-order valence-corrected chi connectivity index (χ1v) is 9.27. The minimum Gasteiger partial charge on any atom is -0.497 e. The van der Waals surface area contributed by atoms with Gasteiger partial charge in [-0.1, -0.05) is 0 Å². The lowest BCUT2D eigenvalue weighted by Gasteiger charge is -2.23. The highest BCUT2D eigenvalue weighted by atomic mass is 32.2. The van der Waals surface area contributed by atoms with Gasteiger partial charge in [0.15, 0.2) is 0 Å². The second kappa shape index (κ2) is 7.85. The van der Waals surface area contributed by atoms with Gasteiger partial charge in [0.05, 0.1) is 27.2 Å².